The van der Waals surface area contributed by atoms with Gasteiger partial charge in [-0.1, -0.05) is 15.9 Å². The second kappa shape index (κ2) is 4.70. The summed E-state index contributed by atoms with van der Waals surface area (Å²) in [7, 11) is 0. The predicted molar refractivity (Wildman–Crippen MR) is 55.5 cm³/mol. The minimum absolute atomic E-state index is 0.306. The molecule has 1 amide bonds. The summed E-state index contributed by atoms with van der Waals surface area (Å²) in [5.41, 5.74) is -1.14. The number of carbonyl (C=O) groups excluding carboxylic acids is 1. The van der Waals surface area contributed by atoms with Crippen LogP contribution < -0.4 is 5.32 Å². The number of halogens is 4. The molecule has 0 aliphatic heterocycles. The molecule has 0 saturated heterocycles. The molecule has 0 aliphatic rings. The molecule has 92 valence electrons. The van der Waals surface area contributed by atoms with Crippen LogP contribution in [0.1, 0.15) is 0 Å². The maximum absolute atomic E-state index is 12.0. The van der Waals surface area contributed by atoms with Crippen molar-refractivity contribution in [1.29, 1.82) is 0 Å². The Morgan fingerprint density at radius 1 is 1.41 bits per heavy atom. The van der Waals surface area contributed by atoms with E-state index in [4.69, 9.17) is 0 Å². The van der Waals surface area contributed by atoms with E-state index in [1.54, 1.807) is 0 Å². The number of nitro benzene ring substituents is 1. The summed E-state index contributed by atoms with van der Waals surface area (Å²) in [6.07, 6.45) is -5.10. The van der Waals surface area contributed by atoms with E-state index in [1.165, 1.54) is 11.4 Å². The third-order valence-corrected chi connectivity index (χ3v) is 2.15. The number of alkyl halides is 3. The van der Waals surface area contributed by atoms with E-state index in [0.717, 1.165) is 12.1 Å². The first-order valence-corrected chi connectivity index (χ1v) is 4.83. The van der Waals surface area contributed by atoms with Gasteiger partial charge >= 0.3 is 12.1 Å². The van der Waals surface area contributed by atoms with Crippen molar-refractivity contribution in [3.8, 4) is 0 Å². The molecule has 1 aromatic rings. The lowest BCUT2D eigenvalue weighted by Gasteiger charge is -2.08. The summed E-state index contributed by atoms with van der Waals surface area (Å²) in [4.78, 5) is 20.3. The minimum atomic E-state index is -5.10. The van der Waals surface area contributed by atoms with Gasteiger partial charge in [0.25, 0.3) is 5.69 Å². The van der Waals surface area contributed by atoms with Gasteiger partial charge in [-0.15, -0.1) is 0 Å². The van der Waals surface area contributed by atoms with Crippen LogP contribution >= 0.6 is 15.9 Å². The van der Waals surface area contributed by atoms with Gasteiger partial charge in [0.1, 0.15) is 5.69 Å². The molecule has 17 heavy (non-hydrogen) atoms. The highest BCUT2D eigenvalue weighted by Gasteiger charge is 2.39. The molecule has 5 nitrogen and oxygen atoms in total. The Labute approximate surface area is 101 Å². The van der Waals surface area contributed by atoms with Gasteiger partial charge in [-0.05, 0) is 12.1 Å². The highest BCUT2D eigenvalue weighted by atomic mass is 79.9. The van der Waals surface area contributed by atoms with E-state index < -0.39 is 28.4 Å². The average molecular weight is 313 g/mol. The van der Waals surface area contributed by atoms with E-state index in [0.29, 0.717) is 4.47 Å². The van der Waals surface area contributed by atoms with Crippen molar-refractivity contribution in [3.63, 3.8) is 0 Å². The Morgan fingerprint density at radius 2 is 2.00 bits per heavy atom. The maximum atomic E-state index is 12.0. The summed E-state index contributed by atoms with van der Waals surface area (Å²) < 4.78 is 36.2. The molecule has 9 heteroatoms. The van der Waals surface area contributed by atoms with Crippen LogP contribution in [0.2, 0.25) is 0 Å². The first kappa shape index (κ1) is 13.4. The van der Waals surface area contributed by atoms with Crippen LogP contribution in [0.4, 0.5) is 24.5 Å². The molecule has 1 aromatic carbocycles. The maximum Gasteiger partial charge on any atom is 0.471 e. The van der Waals surface area contributed by atoms with Crippen LogP contribution in [-0.4, -0.2) is 17.0 Å². The lowest BCUT2D eigenvalue weighted by molar-refractivity contribution is -0.384. The van der Waals surface area contributed by atoms with Crippen molar-refractivity contribution < 1.29 is 22.9 Å². The molecule has 0 saturated carbocycles. The Morgan fingerprint density at radius 3 is 2.47 bits per heavy atom. The molecule has 0 aliphatic carbocycles. The molecule has 0 bridgehead atoms. The predicted octanol–water partition coefficient (Wildman–Crippen LogP) is 2.86. The Kier molecular flexibility index (Phi) is 3.71. The number of amides is 1. The van der Waals surface area contributed by atoms with Crippen molar-refractivity contribution in [2.45, 2.75) is 6.18 Å². The molecule has 0 aromatic heterocycles. The second-order valence-corrected chi connectivity index (χ2v) is 3.79. The Balaban J connectivity index is 3.09. The van der Waals surface area contributed by atoms with Gasteiger partial charge < -0.3 is 5.32 Å². The van der Waals surface area contributed by atoms with Crippen LogP contribution in [0.15, 0.2) is 22.7 Å². The molecule has 0 spiro atoms. The lowest BCUT2D eigenvalue weighted by Crippen LogP contribution is -2.30. The largest absolute Gasteiger partial charge is 0.471 e. The molecule has 0 atom stereocenters. The molecular formula is C8H4BrF3N2O3. The molecule has 0 heterocycles. The zero-order valence-electron chi connectivity index (χ0n) is 7.92. The number of hydrogen-bond acceptors (Lipinski definition) is 3. The van der Waals surface area contributed by atoms with Crippen LogP contribution in [0, 0.1) is 10.1 Å². The first-order valence-electron chi connectivity index (χ1n) is 4.04. The SMILES string of the molecule is O=C(Nc1cc(Br)ccc1[N+](=O)[O-])C(F)(F)F. The zero-order chi connectivity index (χ0) is 13.2. The number of anilines is 1. The summed E-state index contributed by atoms with van der Waals surface area (Å²) in [5, 5.41) is 12.0. The summed E-state index contributed by atoms with van der Waals surface area (Å²) in [5.74, 6) is -2.27. The van der Waals surface area contributed by atoms with Crippen LogP contribution in [0.3, 0.4) is 0 Å². The van der Waals surface area contributed by atoms with Crippen molar-refractivity contribution in [1.82, 2.24) is 0 Å². The molecular weight excluding hydrogens is 309 g/mol. The van der Waals surface area contributed by atoms with Gasteiger partial charge in [0.15, 0.2) is 0 Å². The topological polar surface area (TPSA) is 72.2 Å². The molecule has 0 unspecified atom stereocenters. The molecule has 0 radical (unpaired) electrons. The fourth-order valence-corrected chi connectivity index (χ4v) is 1.32. The quantitative estimate of drug-likeness (QED) is 0.674. The average Bonchev–Trinajstić information content (AvgIpc) is 2.15. The minimum Gasteiger partial charge on any atom is -0.312 e. The fourth-order valence-electron chi connectivity index (χ4n) is 0.961. The third kappa shape index (κ3) is 3.41. The van der Waals surface area contributed by atoms with E-state index in [1.807, 2.05) is 0 Å². The first-order chi connectivity index (χ1) is 7.71. The lowest BCUT2D eigenvalue weighted by atomic mass is 10.2. The van der Waals surface area contributed by atoms with Crippen molar-refractivity contribution in [3.05, 3.63) is 32.8 Å². The highest BCUT2D eigenvalue weighted by Crippen LogP contribution is 2.29. The van der Waals surface area contributed by atoms with Gasteiger partial charge in [0.05, 0.1) is 4.92 Å². The second-order valence-electron chi connectivity index (χ2n) is 2.87. The van der Waals surface area contributed by atoms with E-state index >= 15 is 0 Å². The van der Waals surface area contributed by atoms with Gasteiger partial charge in [0.2, 0.25) is 0 Å². The van der Waals surface area contributed by atoms with Crippen molar-refractivity contribution >= 4 is 33.2 Å². The molecule has 1 rings (SSSR count). The van der Waals surface area contributed by atoms with Crippen LogP contribution in [0.5, 0.6) is 0 Å². The normalized spacial score (nSPS) is 11.1. The summed E-state index contributed by atoms with van der Waals surface area (Å²) in [6.45, 7) is 0. The van der Waals surface area contributed by atoms with Crippen molar-refractivity contribution in [2.75, 3.05) is 5.32 Å². The number of rotatable bonds is 2. The van der Waals surface area contributed by atoms with Crippen LogP contribution in [0.25, 0.3) is 0 Å². The summed E-state index contributed by atoms with van der Waals surface area (Å²) in [6, 6.07) is 3.28. The molecule has 1 N–H and O–H groups in total. The third-order valence-electron chi connectivity index (χ3n) is 1.66. The molecule has 0 fully saturated rings. The number of nitrogens with one attached hydrogen (secondary N) is 1. The van der Waals surface area contributed by atoms with E-state index in [2.05, 4.69) is 15.9 Å². The van der Waals surface area contributed by atoms with E-state index in [9.17, 15) is 28.1 Å². The van der Waals surface area contributed by atoms with Crippen molar-refractivity contribution in [2.24, 2.45) is 0 Å². The summed E-state index contributed by atoms with van der Waals surface area (Å²) >= 11 is 2.93. The Bertz CT molecular complexity index is 476. The monoisotopic (exact) mass is 312 g/mol. The van der Waals surface area contributed by atoms with Gasteiger partial charge in [-0.3, -0.25) is 14.9 Å². The number of nitrogens with zero attached hydrogens (tertiary/aromatic N) is 1. The van der Waals surface area contributed by atoms with Gasteiger partial charge in [-0.25, -0.2) is 0 Å². The Hall–Kier alpha value is -1.64. The van der Waals surface area contributed by atoms with E-state index in [-0.39, 0.29) is 0 Å². The standard InChI is InChI=1S/C8H4BrF3N2O3/c9-4-1-2-6(14(16)17)5(3-4)13-7(15)8(10,11)12/h1-3H,(H,13,15). The fraction of sp³-hybridized carbons (Fsp3) is 0.125. The number of benzene rings is 1. The number of carbonyl (C=O) groups is 1. The zero-order valence-corrected chi connectivity index (χ0v) is 9.50. The highest BCUT2D eigenvalue weighted by molar-refractivity contribution is 9.10. The van der Waals surface area contributed by atoms with Crippen LogP contribution in [-0.2, 0) is 4.79 Å². The number of hydrogen-bond donors (Lipinski definition) is 1. The van der Waals surface area contributed by atoms with Gasteiger partial charge in [-0.2, -0.15) is 13.2 Å². The smallest absolute Gasteiger partial charge is 0.312 e. The van der Waals surface area contributed by atoms with Gasteiger partial charge in [0, 0.05) is 10.5 Å². The number of nitro groups is 1.